The fourth-order valence-electron chi connectivity index (χ4n) is 2.62. The first-order valence-corrected chi connectivity index (χ1v) is 9.15. The highest BCUT2D eigenvalue weighted by Gasteiger charge is 2.38. The fourth-order valence-corrected chi connectivity index (χ4v) is 3.99. The van der Waals surface area contributed by atoms with E-state index in [0.29, 0.717) is 30.3 Å². The van der Waals surface area contributed by atoms with Crippen molar-refractivity contribution < 1.29 is 31.1 Å². The highest BCUT2D eigenvalue weighted by atomic mass is 32.2. The molecule has 3 rings (SSSR count). The minimum absolute atomic E-state index is 0.106. The highest BCUT2D eigenvalue weighted by molar-refractivity contribution is 7.89. The molecule has 1 aliphatic rings. The Morgan fingerprint density at radius 3 is 2.38 bits per heavy atom. The molecule has 0 saturated carbocycles. The van der Waals surface area contributed by atoms with Crippen molar-refractivity contribution in [2.24, 2.45) is 0 Å². The Labute approximate surface area is 149 Å². The van der Waals surface area contributed by atoms with Crippen molar-refractivity contribution in [3.8, 4) is 11.5 Å². The molecule has 0 N–H and O–H groups in total. The van der Waals surface area contributed by atoms with E-state index in [-0.39, 0.29) is 6.54 Å². The largest absolute Gasteiger partial charge is 0.486 e. The second kappa shape index (κ2) is 6.81. The predicted molar refractivity (Wildman–Crippen MR) is 87.5 cm³/mol. The van der Waals surface area contributed by atoms with Crippen LogP contribution in [0.15, 0.2) is 47.4 Å². The van der Waals surface area contributed by atoms with Gasteiger partial charge in [0.2, 0.25) is 10.0 Å². The summed E-state index contributed by atoms with van der Waals surface area (Å²) in [5.41, 5.74) is -0.612. The summed E-state index contributed by atoms with van der Waals surface area (Å²) in [6.07, 6.45) is -4.76. The van der Waals surface area contributed by atoms with E-state index in [0.717, 1.165) is 22.5 Å². The second-order valence-electron chi connectivity index (χ2n) is 5.73. The van der Waals surface area contributed by atoms with E-state index in [4.69, 9.17) is 9.47 Å². The zero-order chi connectivity index (χ0) is 18.9. The molecule has 0 amide bonds. The number of hydrogen-bond acceptors (Lipinski definition) is 4. The Morgan fingerprint density at radius 1 is 1.04 bits per heavy atom. The summed E-state index contributed by atoms with van der Waals surface area (Å²) >= 11 is 0. The van der Waals surface area contributed by atoms with Crippen molar-refractivity contribution in [2.45, 2.75) is 17.6 Å². The van der Waals surface area contributed by atoms with Gasteiger partial charge in [-0.3, -0.25) is 0 Å². The van der Waals surface area contributed by atoms with Crippen molar-refractivity contribution in [3.05, 3.63) is 53.6 Å². The third kappa shape index (κ3) is 3.63. The molecular formula is C17H16F3NO4S. The van der Waals surface area contributed by atoms with Crippen LogP contribution in [0.25, 0.3) is 0 Å². The molecule has 0 unspecified atom stereocenters. The Hall–Kier alpha value is -2.26. The smallest absolute Gasteiger partial charge is 0.417 e. The topological polar surface area (TPSA) is 55.8 Å². The standard InChI is InChI=1S/C17H16F3NO4S/c1-21(11-12-6-7-14-15(10-12)25-9-8-24-14)26(22,23)16-5-3-2-4-13(16)17(18,19)20/h2-7,10H,8-9,11H2,1H3. The fraction of sp³-hybridized carbons (Fsp3) is 0.294. The van der Waals surface area contributed by atoms with Crippen molar-refractivity contribution >= 4 is 10.0 Å². The summed E-state index contributed by atoms with van der Waals surface area (Å²) in [5, 5.41) is 0. The monoisotopic (exact) mass is 387 g/mol. The Morgan fingerprint density at radius 2 is 1.69 bits per heavy atom. The molecule has 0 saturated heterocycles. The molecule has 26 heavy (non-hydrogen) atoms. The Balaban J connectivity index is 1.89. The number of fused-ring (bicyclic) bond motifs is 1. The zero-order valence-electron chi connectivity index (χ0n) is 13.8. The number of benzene rings is 2. The first-order chi connectivity index (χ1) is 12.2. The molecule has 0 aliphatic carbocycles. The molecule has 0 bridgehead atoms. The molecule has 140 valence electrons. The van der Waals surface area contributed by atoms with Gasteiger partial charge in [-0.2, -0.15) is 17.5 Å². The molecule has 0 radical (unpaired) electrons. The lowest BCUT2D eigenvalue weighted by atomic mass is 10.2. The van der Waals surface area contributed by atoms with Gasteiger partial charge in [0, 0.05) is 13.6 Å². The number of halogens is 3. The maximum absolute atomic E-state index is 13.1. The van der Waals surface area contributed by atoms with E-state index < -0.39 is 26.7 Å². The van der Waals surface area contributed by atoms with Gasteiger partial charge in [0.15, 0.2) is 11.5 Å². The maximum atomic E-state index is 13.1. The van der Waals surface area contributed by atoms with Crippen LogP contribution in [0.5, 0.6) is 11.5 Å². The molecule has 0 aromatic heterocycles. The van der Waals surface area contributed by atoms with Gasteiger partial charge in [-0.15, -0.1) is 0 Å². The van der Waals surface area contributed by atoms with Crippen molar-refractivity contribution in [1.82, 2.24) is 4.31 Å². The molecular weight excluding hydrogens is 371 g/mol. The van der Waals surface area contributed by atoms with E-state index in [1.807, 2.05) is 0 Å². The lowest BCUT2D eigenvalue weighted by Crippen LogP contribution is -2.28. The molecule has 2 aromatic rings. The molecule has 2 aromatic carbocycles. The Kier molecular flexibility index (Phi) is 4.85. The van der Waals surface area contributed by atoms with Crippen molar-refractivity contribution in [3.63, 3.8) is 0 Å². The van der Waals surface area contributed by atoms with Crippen molar-refractivity contribution in [1.29, 1.82) is 0 Å². The first kappa shape index (κ1) is 18.5. The molecule has 9 heteroatoms. The predicted octanol–water partition coefficient (Wildman–Crippen LogP) is 3.30. The molecule has 0 atom stereocenters. The number of rotatable bonds is 4. The van der Waals surface area contributed by atoms with Gasteiger partial charge in [0.1, 0.15) is 13.2 Å². The van der Waals surface area contributed by atoms with Crippen molar-refractivity contribution in [2.75, 3.05) is 20.3 Å². The van der Waals surface area contributed by atoms with Gasteiger partial charge >= 0.3 is 6.18 Å². The quantitative estimate of drug-likeness (QED) is 0.808. The van der Waals surface area contributed by atoms with Gasteiger partial charge in [0.05, 0.1) is 10.5 Å². The molecule has 5 nitrogen and oxygen atoms in total. The minimum atomic E-state index is -4.76. The normalized spacial score (nSPS) is 14.5. The van der Waals surface area contributed by atoms with Gasteiger partial charge in [-0.1, -0.05) is 18.2 Å². The highest BCUT2D eigenvalue weighted by Crippen LogP contribution is 2.36. The zero-order valence-corrected chi connectivity index (χ0v) is 14.6. The van der Waals surface area contributed by atoms with Crippen LogP contribution in [-0.4, -0.2) is 33.0 Å². The van der Waals surface area contributed by atoms with Crippen LogP contribution in [0.4, 0.5) is 13.2 Å². The summed E-state index contributed by atoms with van der Waals surface area (Å²) in [6, 6.07) is 9.05. The summed E-state index contributed by atoms with van der Waals surface area (Å²) < 4.78 is 76.5. The summed E-state index contributed by atoms with van der Waals surface area (Å²) in [4.78, 5) is -0.771. The molecule has 0 spiro atoms. The van der Waals surface area contributed by atoms with Gasteiger partial charge < -0.3 is 9.47 Å². The average Bonchev–Trinajstić information content (AvgIpc) is 2.61. The van der Waals surface area contributed by atoms with Gasteiger partial charge in [0.25, 0.3) is 0 Å². The third-order valence-corrected chi connectivity index (χ3v) is 5.75. The SMILES string of the molecule is CN(Cc1ccc2c(c1)OCCO2)S(=O)(=O)c1ccccc1C(F)(F)F. The summed E-state index contributed by atoms with van der Waals surface area (Å²) in [7, 11) is -3.10. The average molecular weight is 387 g/mol. The minimum Gasteiger partial charge on any atom is -0.486 e. The van der Waals surface area contributed by atoms with E-state index in [2.05, 4.69) is 0 Å². The van der Waals surface area contributed by atoms with E-state index in [9.17, 15) is 21.6 Å². The Bertz CT molecular complexity index is 912. The van der Waals surface area contributed by atoms with E-state index in [1.165, 1.54) is 13.1 Å². The molecule has 0 fully saturated rings. The number of hydrogen-bond donors (Lipinski definition) is 0. The maximum Gasteiger partial charge on any atom is 0.417 e. The van der Waals surface area contributed by atoms with E-state index >= 15 is 0 Å². The second-order valence-corrected chi connectivity index (χ2v) is 7.75. The molecule has 1 heterocycles. The third-order valence-electron chi connectivity index (χ3n) is 3.89. The van der Waals surface area contributed by atoms with Gasteiger partial charge in [-0.05, 0) is 29.8 Å². The number of alkyl halides is 3. The number of sulfonamides is 1. The molecule has 1 aliphatic heterocycles. The van der Waals surface area contributed by atoms with Crippen LogP contribution in [0.3, 0.4) is 0 Å². The van der Waals surface area contributed by atoms with Crippen LogP contribution in [0.2, 0.25) is 0 Å². The van der Waals surface area contributed by atoms with E-state index in [1.54, 1.807) is 18.2 Å². The van der Waals surface area contributed by atoms with Crippen LogP contribution in [0, 0.1) is 0 Å². The number of nitrogens with zero attached hydrogens (tertiary/aromatic N) is 1. The number of ether oxygens (including phenoxy) is 2. The van der Waals surface area contributed by atoms with Crippen LogP contribution >= 0.6 is 0 Å². The van der Waals surface area contributed by atoms with Crippen LogP contribution in [-0.2, 0) is 22.7 Å². The van der Waals surface area contributed by atoms with Crippen LogP contribution < -0.4 is 9.47 Å². The van der Waals surface area contributed by atoms with Crippen LogP contribution in [0.1, 0.15) is 11.1 Å². The van der Waals surface area contributed by atoms with Gasteiger partial charge in [-0.25, -0.2) is 8.42 Å². The first-order valence-electron chi connectivity index (χ1n) is 7.70. The summed E-state index contributed by atoms with van der Waals surface area (Å²) in [5.74, 6) is 1.03. The lowest BCUT2D eigenvalue weighted by Gasteiger charge is -2.22. The lowest BCUT2D eigenvalue weighted by molar-refractivity contribution is -0.139. The summed E-state index contributed by atoms with van der Waals surface area (Å²) in [6.45, 7) is 0.698.